The van der Waals surface area contributed by atoms with Crippen LogP contribution >= 0.6 is 0 Å². The molecular formula is C54H58N5Pt-3. The molecule has 1 aliphatic heterocycles. The number of benzene rings is 5. The summed E-state index contributed by atoms with van der Waals surface area (Å²) in [5.41, 5.74) is 12.3. The van der Waals surface area contributed by atoms with Crippen LogP contribution in [0.3, 0.4) is 0 Å². The maximum atomic E-state index is 4.98. The van der Waals surface area contributed by atoms with Crippen molar-refractivity contribution in [3.05, 3.63) is 169 Å². The number of pyridine rings is 1. The summed E-state index contributed by atoms with van der Waals surface area (Å²) in [4.78, 5) is 11.6. The third-order valence-corrected chi connectivity index (χ3v) is 11.5. The molecule has 8 rings (SSSR count). The Morgan fingerprint density at radius 1 is 0.533 bits per heavy atom. The summed E-state index contributed by atoms with van der Waals surface area (Å²) in [5.74, 6) is 0.887. The predicted molar refractivity (Wildman–Crippen MR) is 251 cm³/mol. The van der Waals surface area contributed by atoms with Gasteiger partial charge in [0.25, 0.3) is 0 Å². The summed E-state index contributed by atoms with van der Waals surface area (Å²) in [6.45, 7) is 29.4. The van der Waals surface area contributed by atoms with Crippen molar-refractivity contribution in [2.75, 3.05) is 14.7 Å². The molecule has 0 saturated carbocycles. The van der Waals surface area contributed by atoms with E-state index in [9.17, 15) is 0 Å². The van der Waals surface area contributed by atoms with Gasteiger partial charge in [-0.2, -0.15) is 12.1 Å². The molecular weight excluding hydrogens is 914 g/mol. The van der Waals surface area contributed by atoms with Crippen LogP contribution in [0.25, 0.3) is 27.6 Å². The summed E-state index contributed by atoms with van der Waals surface area (Å²) in [5, 5.41) is 2.34. The largest absolute Gasteiger partial charge is 0.500 e. The van der Waals surface area contributed by atoms with E-state index >= 15 is 0 Å². The Morgan fingerprint density at radius 3 is 1.80 bits per heavy atom. The van der Waals surface area contributed by atoms with E-state index in [4.69, 9.17) is 4.98 Å². The Labute approximate surface area is 373 Å². The van der Waals surface area contributed by atoms with Crippen molar-refractivity contribution in [3.63, 3.8) is 0 Å². The smallest absolute Gasteiger partial charge is 0.135 e. The zero-order valence-corrected chi connectivity index (χ0v) is 39.5. The van der Waals surface area contributed by atoms with Gasteiger partial charge in [0.05, 0.1) is 0 Å². The maximum Gasteiger partial charge on any atom is 0.135 e. The number of anilines is 5. The molecule has 5 nitrogen and oxygen atoms in total. The van der Waals surface area contributed by atoms with Crippen LogP contribution < -0.4 is 14.7 Å². The van der Waals surface area contributed by atoms with Crippen molar-refractivity contribution in [3.8, 4) is 5.82 Å². The molecule has 0 atom stereocenters. The summed E-state index contributed by atoms with van der Waals surface area (Å²) in [7, 11) is 0. The van der Waals surface area contributed by atoms with Gasteiger partial charge >= 0.3 is 0 Å². The number of para-hydroxylation sites is 1. The fraction of sp³-hybridized carbons (Fsp3) is 0.296. The molecule has 60 heavy (non-hydrogen) atoms. The molecule has 0 saturated heterocycles. The number of fused-ring (bicyclic) bond motifs is 3. The Kier molecular flexibility index (Phi) is 11.3. The van der Waals surface area contributed by atoms with E-state index in [1.165, 1.54) is 27.6 Å². The average Bonchev–Trinajstić information content (AvgIpc) is 3.81. The van der Waals surface area contributed by atoms with Gasteiger partial charge in [0.2, 0.25) is 0 Å². The van der Waals surface area contributed by atoms with Crippen LogP contribution in [0.5, 0.6) is 0 Å². The van der Waals surface area contributed by atoms with Crippen LogP contribution in [-0.2, 0) is 42.7 Å². The molecule has 0 spiro atoms. The van der Waals surface area contributed by atoms with E-state index in [0.717, 1.165) is 50.7 Å². The zero-order valence-electron chi connectivity index (χ0n) is 37.3. The molecule has 312 valence electrons. The normalized spacial score (nSPS) is 13.7. The van der Waals surface area contributed by atoms with E-state index in [1.807, 2.05) is 6.20 Å². The Bertz CT molecular complexity index is 2660. The molecule has 0 amide bonds. The third-order valence-electron chi connectivity index (χ3n) is 11.5. The van der Waals surface area contributed by atoms with Crippen LogP contribution in [0, 0.1) is 18.8 Å². The first-order chi connectivity index (χ1) is 27.8. The van der Waals surface area contributed by atoms with Crippen molar-refractivity contribution < 1.29 is 21.1 Å². The van der Waals surface area contributed by atoms with Crippen LogP contribution in [0.4, 0.5) is 28.4 Å². The molecule has 0 aliphatic carbocycles. The second-order valence-electron chi connectivity index (χ2n) is 20.2. The van der Waals surface area contributed by atoms with E-state index in [-0.39, 0.29) is 42.7 Å². The molecule has 0 N–H and O–H groups in total. The monoisotopic (exact) mass is 971 g/mol. The standard InChI is InChI=1S/C54H58N5.Pt/c1-51(2,3)37-21-24-48-47(32-37)46-23-22-44(35-49(46)59(48)50-33-38(25-26-55-50)52(4,5)6)58(41-17-14-13-15-18-41)43-20-16-19-42(34-43)56-27-28-57(36-56)45-30-39(53(7,8)9)29-40(31-45)54(10,11)12;/h13-33,36H,1-12H3;/q-3;. The number of rotatable bonds is 6. The van der Waals surface area contributed by atoms with Gasteiger partial charge in [-0.25, -0.2) is 4.98 Å². The second-order valence-corrected chi connectivity index (χ2v) is 20.2. The van der Waals surface area contributed by atoms with Gasteiger partial charge < -0.3 is 19.3 Å². The van der Waals surface area contributed by atoms with E-state index in [2.05, 4.69) is 243 Å². The molecule has 0 bridgehead atoms. The Hall–Kier alpha value is -5.12. The topological polar surface area (TPSA) is 27.5 Å². The molecule has 7 aromatic rings. The molecule has 3 heterocycles. The zero-order chi connectivity index (χ0) is 42.1. The van der Waals surface area contributed by atoms with Crippen LogP contribution in [-0.4, -0.2) is 9.55 Å². The number of hydrogen-bond donors (Lipinski definition) is 0. The summed E-state index contributed by atoms with van der Waals surface area (Å²) < 4.78 is 2.29. The number of aromatic nitrogens is 2. The van der Waals surface area contributed by atoms with Gasteiger partial charge in [-0.05, 0) is 104 Å². The molecule has 2 aromatic heterocycles. The molecule has 0 unspecified atom stereocenters. The van der Waals surface area contributed by atoms with E-state index in [0.29, 0.717) is 0 Å². The fourth-order valence-electron chi connectivity index (χ4n) is 7.76. The molecule has 1 aliphatic rings. The average molecular weight is 972 g/mol. The summed E-state index contributed by atoms with van der Waals surface area (Å²) in [6, 6.07) is 47.3. The molecule has 6 heteroatoms. The van der Waals surface area contributed by atoms with Crippen molar-refractivity contribution >= 4 is 50.2 Å². The van der Waals surface area contributed by atoms with Crippen LogP contribution in [0.1, 0.15) is 105 Å². The predicted octanol–water partition coefficient (Wildman–Crippen LogP) is 14.4. The quantitative estimate of drug-likeness (QED) is 0.155. The van der Waals surface area contributed by atoms with Gasteiger partial charge in [0.15, 0.2) is 0 Å². The second kappa shape index (κ2) is 15.7. The van der Waals surface area contributed by atoms with Crippen molar-refractivity contribution in [1.82, 2.24) is 9.55 Å². The Balaban J connectivity index is 0.00000544. The molecule has 5 aromatic carbocycles. The number of hydrogen-bond acceptors (Lipinski definition) is 4. The minimum atomic E-state index is -0.0273. The first kappa shape index (κ1) is 43.0. The Morgan fingerprint density at radius 2 is 1.15 bits per heavy atom. The van der Waals surface area contributed by atoms with E-state index in [1.54, 1.807) is 0 Å². The van der Waals surface area contributed by atoms with Crippen molar-refractivity contribution in [1.29, 1.82) is 0 Å². The summed E-state index contributed by atoms with van der Waals surface area (Å²) in [6.07, 6.45) is 6.19. The van der Waals surface area contributed by atoms with Gasteiger partial charge in [0, 0.05) is 44.2 Å². The van der Waals surface area contributed by atoms with Crippen molar-refractivity contribution in [2.45, 2.75) is 105 Å². The van der Waals surface area contributed by atoms with E-state index < -0.39 is 0 Å². The minimum Gasteiger partial charge on any atom is -0.500 e. The maximum absolute atomic E-state index is 4.98. The van der Waals surface area contributed by atoms with Gasteiger partial charge in [-0.3, -0.25) is 0 Å². The third kappa shape index (κ3) is 8.44. The van der Waals surface area contributed by atoms with Gasteiger partial charge in [0.1, 0.15) is 5.82 Å². The first-order valence-corrected chi connectivity index (χ1v) is 20.9. The van der Waals surface area contributed by atoms with Gasteiger partial charge in [-0.15, -0.1) is 48.1 Å². The minimum absolute atomic E-state index is 0. The SMILES string of the molecule is CC(C)(C)c1cc(N2C=CN(c3[c-]c(N(c4[c-]c5c(cc4)c4cc(C(C)(C)C)ccc4n5-c4cc(C(C)(C)C)ccn4)c4ccccc4)ccc3)[CH-]2)cc(C(C)(C)C)c1.[Pt]. The van der Waals surface area contributed by atoms with Crippen molar-refractivity contribution in [2.24, 2.45) is 0 Å². The molecule has 0 radical (unpaired) electrons. The fourth-order valence-corrected chi connectivity index (χ4v) is 7.76. The number of nitrogens with zero attached hydrogens (tertiary/aromatic N) is 5. The molecule has 0 fully saturated rings. The summed E-state index contributed by atoms with van der Waals surface area (Å²) >= 11 is 0. The van der Waals surface area contributed by atoms with Crippen LogP contribution in [0.15, 0.2) is 128 Å². The van der Waals surface area contributed by atoms with Crippen LogP contribution in [0.2, 0.25) is 0 Å². The first-order valence-electron chi connectivity index (χ1n) is 20.9. The van der Waals surface area contributed by atoms with Gasteiger partial charge in [-0.1, -0.05) is 136 Å².